The fourth-order valence-electron chi connectivity index (χ4n) is 4.17. The van der Waals surface area contributed by atoms with Gasteiger partial charge in [0, 0.05) is 17.4 Å². The van der Waals surface area contributed by atoms with Gasteiger partial charge in [-0.25, -0.2) is 0 Å². The van der Waals surface area contributed by atoms with Gasteiger partial charge in [-0.1, -0.05) is 41.9 Å². The molecular weight excluding hydrogens is 346 g/mol. The van der Waals surface area contributed by atoms with Crippen LogP contribution in [0.2, 0.25) is 5.02 Å². The third-order valence-electron chi connectivity index (χ3n) is 5.73. The number of benzene rings is 2. The lowest BCUT2D eigenvalue weighted by Gasteiger charge is -2.48. The molecule has 0 bridgehead atoms. The fourth-order valence-corrected chi connectivity index (χ4v) is 4.35. The number of carbonyl (C=O) groups excluding carboxylic acids is 1. The molecule has 4 heteroatoms. The number of halogens is 1. The molecular formula is C22H24ClNO2. The number of carbonyl (C=O) groups is 1. The molecule has 1 N–H and O–H groups in total. The quantitative estimate of drug-likeness (QED) is 0.783. The van der Waals surface area contributed by atoms with E-state index in [0.29, 0.717) is 11.4 Å². The van der Waals surface area contributed by atoms with Crippen molar-refractivity contribution in [3.8, 4) is 5.75 Å². The maximum Gasteiger partial charge on any atom is 0.221 e. The highest BCUT2D eigenvalue weighted by molar-refractivity contribution is 6.30. The molecule has 2 unspecified atom stereocenters. The Morgan fingerprint density at radius 2 is 2.04 bits per heavy atom. The number of hydrogen-bond donors (Lipinski definition) is 1. The molecule has 1 fully saturated rings. The van der Waals surface area contributed by atoms with Crippen LogP contribution in [-0.2, 0) is 4.79 Å². The fraction of sp³-hybridized carbons (Fsp3) is 0.409. The number of rotatable bonds is 4. The van der Waals surface area contributed by atoms with Crippen molar-refractivity contribution < 1.29 is 9.53 Å². The zero-order chi connectivity index (χ0) is 18.1. The van der Waals surface area contributed by atoms with E-state index in [1.54, 1.807) is 0 Å². The molecule has 0 saturated heterocycles. The van der Waals surface area contributed by atoms with E-state index in [1.165, 1.54) is 6.42 Å². The van der Waals surface area contributed by atoms with Crippen molar-refractivity contribution >= 4 is 17.5 Å². The normalized spacial score (nSPS) is 21.2. The number of nitrogens with one attached hydrogen (secondary N) is 1. The van der Waals surface area contributed by atoms with Crippen molar-refractivity contribution in [1.82, 2.24) is 5.32 Å². The third kappa shape index (κ3) is 3.45. The minimum Gasteiger partial charge on any atom is -0.487 e. The van der Waals surface area contributed by atoms with Crippen molar-refractivity contribution in [2.24, 2.45) is 0 Å². The largest absolute Gasteiger partial charge is 0.487 e. The van der Waals surface area contributed by atoms with Gasteiger partial charge in [-0.15, -0.1) is 0 Å². The third-order valence-corrected chi connectivity index (χ3v) is 5.97. The van der Waals surface area contributed by atoms with Crippen LogP contribution in [0.4, 0.5) is 0 Å². The molecule has 0 aromatic heterocycles. The number of ether oxygens (including phenoxy) is 1. The summed E-state index contributed by atoms with van der Waals surface area (Å²) in [5.74, 6) is 1.13. The Kier molecular flexibility index (Phi) is 4.66. The molecule has 26 heavy (non-hydrogen) atoms. The lowest BCUT2D eigenvalue weighted by atomic mass is 9.70. The minimum absolute atomic E-state index is 0.0000327. The summed E-state index contributed by atoms with van der Waals surface area (Å²) in [6, 6.07) is 15.8. The first kappa shape index (κ1) is 17.4. The number of fused-ring (bicyclic) bond motifs is 1. The summed E-state index contributed by atoms with van der Waals surface area (Å²) in [4.78, 5) is 12.7. The molecule has 2 atom stereocenters. The van der Waals surface area contributed by atoms with Gasteiger partial charge in [0.1, 0.15) is 11.4 Å². The van der Waals surface area contributed by atoms with Gasteiger partial charge in [-0.2, -0.15) is 0 Å². The van der Waals surface area contributed by atoms with E-state index in [-0.39, 0.29) is 23.5 Å². The Balaban J connectivity index is 1.50. The first-order valence-corrected chi connectivity index (χ1v) is 9.75. The highest BCUT2D eigenvalue weighted by Gasteiger charge is 2.45. The molecule has 2 aromatic rings. The van der Waals surface area contributed by atoms with Crippen molar-refractivity contribution in [2.75, 3.05) is 0 Å². The van der Waals surface area contributed by atoms with Gasteiger partial charge in [0.2, 0.25) is 5.91 Å². The van der Waals surface area contributed by atoms with Crippen LogP contribution in [0.1, 0.15) is 62.1 Å². The van der Waals surface area contributed by atoms with Crippen LogP contribution in [0.3, 0.4) is 0 Å². The smallest absolute Gasteiger partial charge is 0.221 e. The average Bonchev–Trinajstić information content (AvgIpc) is 2.61. The summed E-state index contributed by atoms with van der Waals surface area (Å²) in [5.41, 5.74) is 2.11. The van der Waals surface area contributed by atoms with Crippen LogP contribution in [0.25, 0.3) is 0 Å². The van der Waals surface area contributed by atoms with Crippen molar-refractivity contribution in [2.45, 2.75) is 56.6 Å². The standard InChI is InChI=1S/C22H24ClNO2/c1-15(16-6-3-2-4-7-16)24-21(25)12-17-14-22(10-5-11-22)26-20-9-8-18(23)13-19(17)20/h2-4,6-9,13,15,17H,5,10-12,14H2,1H3,(H,24,25). The molecule has 136 valence electrons. The highest BCUT2D eigenvalue weighted by atomic mass is 35.5. The van der Waals surface area contributed by atoms with Gasteiger partial charge < -0.3 is 10.1 Å². The predicted molar refractivity (Wildman–Crippen MR) is 104 cm³/mol. The van der Waals surface area contributed by atoms with E-state index in [9.17, 15) is 4.79 Å². The molecule has 0 radical (unpaired) electrons. The van der Waals surface area contributed by atoms with Crippen molar-refractivity contribution in [3.63, 3.8) is 0 Å². The highest BCUT2D eigenvalue weighted by Crippen LogP contribution is 2.51. The van der Waals surface area contributed by atoms with Crippen LogP contribution in [0, 0.1) is 0 Å². The average molecular weight is 370 g/mol. The zero-order valence-corrected chi connectivity index (χ0v) is 15.8. The van der Waals surface area contributed by atoms with Crippen molar-refractivity contribution in [1.29, 1.82) is 0 Å². The predicted octanol–water partition coefficient (Wildman–Crippen LogP) is 5.40. The van der Waals surface area contributed by atoms with E-state index < -0.39 is 0 Å². The van der Waals surface area contributed by atoms with E-state index in [4.69, 9.17) is 16.3 Å². The lowest BCUT2D eigenvalue weighted by Crippen LogP contribution is -2.47. The Morgan fingerprint density at radius 3 is 2.73 bits per heavy atom. The van der Waals surface area contributed by atoms with Gasteiger partial charge in [0.05, 0.1) is 6.04 Å². The maximum absolute atomic E-state index is 12.7. The second kappa shape index (κ2) is 6.96. The Morgan fingerprint density at radius 1 is 1.27 bits per heavy atom. The number of hydrogen-bond acceptors (Lipinski definition) is 2. The second-order valence-electron chi connectivity index (χ2n) is 7.63. The molecule has 3 nitrogen and oxygen atoms in total. The van der Waals surface area contributed by atoms with E-state index in [2.05, 4.69) is 5.32 Å². The SMILES string of the molecule is CC(NC(=O)CC1CC2(CCC2)Oc2ccc(Cl)cc21)c1ccccc1. The zero-order valence-electron chi connectivity index (χ0n) is 15.0. The van der Waals surface area contributed by atoms with Crippen LogP contribution in [0.5, 0.6) is 5.75 Å². The minimum atomic E-state index is -0.0726. The summed E-state index contributed by atoms with van der Waals surface area (Å²) >= 11 is 6.21. The number of amides is 1. The summed E-state index contributed by atoms with van der Waals surface area (Å²) in [7, 11) is 0. The van der Waals surface area contributed by atoms with Crippen LogP contribution >= 0.6 is 11.6 Å². The van der Waals surface area contributed by atoms with Gasteiger partial charge in [-0.3, -0.25) is 4.79 Å². The van der Waals surface area contributed by atoms with Crippen LogP contribution in [-0.4, -0.2) is 11.5 Å². The Bertz CT molecular complexity index is 801. The molecule has 4 rings (SSSR count). The first-order valence-electron chi connectivity index (χ1n) is 9.37. The molecule has 1 aliphatic heterocycles. The van der Waals surface area contributed by atoms with Crippen molar-refractivity contribution in [3.05, 3.63) is 64.7 Å². The van der Waals surface area contributed by atoms with Crippen LogP contribution in [0.15, 0.2) is 48.5 Å². The molecule has 1 aliphatic carbocycles. The van der Waals surface area contributed by atoms with E-state index in [1.807, 2.05) is 55.5 Å². The molecule has 1 heterocycles. The molecule has 1 saturated carbocycles. The maximum atomic E-state index is 12.7. The molecule has 2 aromatic carbocycles. The van der Waals surface area contributed by atoms with Gasteiger partial charge in [0.25, 0.3) is 0 Å². The molecule has 2 aliphatic rings. The van der Waals surface area contributed by atoms with E-state index >= 15 is 0 Å². The topological polar surface area (TPSA) is 38.3 Å². The lowest BCUT2D eigenvalue weighted by molar-refractivity contribution is -0.122. The Hall–Kier alpha value is -2.00. The van der Waals surface area contributed by atoms with Gasteiger partial charge in [-0.05, 0) is 61.9 Å². The first-order chi connectivity index (χ1) is 12.5. The van der Waals surface area contributed by atoms with Gasteiger partial charge in [0.15, 0.2) is 0 Å². The molecule has 1 amide bonds. The van der Waals surface area contributed by atoms with E-state index in [0.717, 1.165) is 36.1 Å². The van der Waals surface area contributed by atoms with Crippen LogP contribution < -0.4 is 10.1 Å². The summed E-state index contributed by atoms with van der Waals surface area (Å²) in [6.45, 7) is 2.02. The summed E-state index contributed by atoms with van der Waals surface area (Å²) < 4.78 is 6.28. The summed E-state index contributed by atoms with van der Waals surface area (Å²) in [6.07, 6.45) is 4.72. The Labute approximate surface area is 159 Å². The monoisotopic (exact) mass is 369 g/mol. The van der Waals surface area contributed by atoms with Gasteiger partial charge >= 0.3 is 0 Å². The second-order valence-corrected chi connectivity index (χ2v) is 8.06. The molecule has 1 spiro atoms. The summed E-state index contributed by atoms with van der Waals surface area (Å²) in [5, 5.41) is 3.83.